The van der Waals surface area contributed by atoms with E-state index in [1.54, 1.807) is 11.3 Å². The van der Waals surface area contributed by atoms with Crippen molar-refractivity contribution in [2.24, 2.45) is 5.92 Å². The molecule has 0 bridgehead atoms. The molecule has 1 saturated carbocycles. The van der Waals surface area contributed by atoms with E-state index in [-0.39, 0.29) is 11.8 Å². The molecule has 1 fully saturated rings. The van der Waals surface area contributed by atoms with E-state index in [0.717, 1.165) is 37.1 Å². The molecule has 4 heteroatoms. The van der Waals surface area contributed by atoms with Crippen LogP contribution in [0.3, 0.4) is 0 Å². The van der Waals surface area contributed by atoms with Gasteiger partial charge in [-0.05, 0) is 32.1 Å². The van der Waals surface area contributed by atoms with Crippen LogP contribution in [0, 0.1) is 5.92 Å². The molecule has 1 aromatic heterocycles. The number of rotatable bonds is 3. The van der Waals surface area contributed by atoms with Crippen LogP contribution < -0.4 is 5.32 Å². The highest BCUT2D eigenvalue weighted by atomic mass is 32.1. The fraction of sp³-hybridized carbons (Fsp3) is 0.474. The normalized spacial score (nSPS) is 21.1. The number of aromatic nitrogens is 1. The Kier molecular flexibility index (Phi) is 4.17. The van der Waals surface area contributed by atoms with Gasteiger partial charge in [0.05, 0.1) is 5.69 Å². The van der Waals surface area contributed by atoms with Crippen molar-refractivity contribution in [3.63, 3.8) is 0 Å². The maximum Gasteiger partial charge on any atom is 0.223 e. The van der Waals surface area contributed by atoms with Crippen molar-refractivity contribution in [2.75, 3.05) is 0 Å². The van der Waals surface area contributed by atoms with Crippen molar-refractivity contribution in [1.29, 1.82) is 0 Å². The summed E-state index contributed by atoms with van der Waals surface area (Å²) in [5, 5.41) is 4.35. The third kappa shape index (κ3) is 3.18. The van der Waals surface area contributed by atoms with E-state index in [4.69, 9.17) is 4.98 Å². The summed E-state index contributed by atoms with van der Waals surface area (Å²) in [6, 6.07) is 10.8. The summed E-state index contributed by atoms with van der Waals surface area (Å²) in [7, 11) is 0. The highest BCUT2D eigenvalue weighted by Gasteiger charge is 2.29. The molecule has 1 heterocycles. The third-order valence-electron chi connectivity index (χ3n) is 5.03. The van der Waals surface area contributed by atoms with Crippen LogP contribution in [0.15, 0.2) is 30.3 Å². The molecule has 2 aliphatic carbocycles. The number of thiazole rings is 1. The molecule has 1 atom stereocenters. The largest absolute Gasteiger partial charge is 0.353 e. The van der Waals surface area contributed by atoms with Gasteiger partial charge in [0.1, 0.15) is 5.01 Å². The number of hydrogen-bond donors (Lipinski definition) is 1. The van der Waals surface area contributed by atoms with E-state index in [2.05, 4.69) is 17.4 Å². The van der Waals surface area contributed by atoms with Crippen LogP contribution in [0.4, 0.5) is 0 Å². The molecule has 1 aromatic carbocycles. The Bertz CT molecular complexity index is 689. The highest BCUT2D eigenvalue weighted by molar-refractivity contribution is 7.15. The highest BCUT2D eigenvalue weighted by Crippen LogP contribution is 2.34. The predicted molar refractivity (Wildman–Crippen MR) is 93.5 cm³/mol. The van der Waals surface area contributed by atoms with Gasteiger partial charge in [0.2, 0.25) is 5.91 Å². The third-order valence-corrected chi connectivity index (χ3v) is 6.20. The minimum absolute atomic E-state index is 0.132. The van der Waals surface area contributed by atoms with E-state index in [1.807, 2.05) is 18.2 Å². The lowest BCUT2D eigenvalue weighted by Gasteiger charge is -2.22. The second-order valence-electron chi connectivity index (χ2n) is 6.68. The van der Waals surface area contributed by atoms with Gasteiger partial charge in [0.15, 0.2) is 0 Å². The number of aryl methyl sites for hydroxylation is 1. The number of amides is 1. The van der Waals surface area contributed by atoms with E-state index < -0.39 is 0 Å². The molecule has 0 radical (unpaired) electrons. The first-order valence-electron chi connectivity index (χ1n) is 8.64. The summed E-state index contributed by atoms with van der Waals surface area (Å²) in [6.45, 7) is 0. The van der Waals surface area contributed by atoms with Gasteiger partial charge in [0, 0.05) is 22.4 Å². The lowest BCUT2D eigenvalue weighted by atomic mass is 9.90. The molecule has 4 rings (SSSR count). The van der Waals surface area contributed by atoms with Crippen LogP contribution in [0.5, 0.6) is 0 Å². The Labute approximate surface area is 141 Å². The molecular weight excluding hydrogens is 304 g/mol. The number of nitrogens with zero attached hydrogens (tertiary/aromatic N) is 1. The van der Waals surface area contributed by atoms with Crippen molar-refractivity contribution in [1.82, 2.24) is 10.3 Å². The van der Waals surface area contributed by atoms with Gasteiger partial charge in [-0.1, -0.05) is 43.2 Å². The molecule has 3 nitrogen and oxygen atoms in total. The molecule has 23 heavy (non-hydrogen) atoms. The Morgan fingerprint density at radius 1 is 1.13 bits per heavy atom. The fourth-order valence-electron chi connectivity index (χ4n) is 3.69. The maximum absolute atomic E-state index is 12.5. The van der Waals surface area contributed by atoms with Crippen LogP contribution in [0.2, 0.25) is 0 Å². The lowest BCUT2D eigenvalue weighted by Crippen LogP contribution is -2.39. The predicted octanol–water partition coefficient (Wildman–Crippen LogP) is 3.97. The van der Waals surface area contributed by atoms with Crippen molar-refractivity contribution in [3.8, 4) is 10.6 Å². The van der Waals surface area contributed by atoms with Gasteiger partial charge in [-0.3, -0.25) is 4.79 Å². The first-order valence-corrected chi connectivity index (χ1v) is 9.45. The minimum atomic E-state index is 0.132. The number of carbonyl (C=O) groups excluding carboxylic acids is 1. The van der Waals surface area contributed by atoms with Gasteiger partial charge in [0.25, 0.3) is 0 Å². The summed E-state index contributed by atoms with van der Waals surface area (Å²) in [5.41, 5.74) is 2.39. The van der Waals surface area contributed by atoms with Gasteiger partial charge in [-0.15, -0.1) is 11.3 Å². The molecular formula is C19H22N2OS. The van der Waals surface area contributed by atoms with Gasteiger partial charge in [-0.2, -0.15) is 0 Å². The summed E-state index contributed by atoms with van der Waals surface area (Å²) in [4.78, 5) is 18.6. The number of carbonyl (C=O) groups is 1. The Morgan fingerprint density at radius 3 is 2.70 bits per heavy atom. The van der Waals surface area contributed by atoms with Crippen LogP contribution in [0.25, 0.3) is 10.6 Å². The van der Waals surface area contributed by atoms with Crippen molar-refractivity contribution in [3.05, 3.63) is 40.9 Å². The van der Waals surface area contributed by atoms with E-state index in [9.17, 15) is 4.79 Å². The van der Waals surface area contributed by atoms with E-state index >= 15 is 0 Å². The van der Waals surface area contributed by atoms with E-state index in [1.165, 1.54) is 29.0 Å². The van der Waals surface area contributed by atoms with Crippen molar-refractivity contribution in [2.45, 2.75) is 51.0 Å². The Hall–Kier alpha value is -1.68. The quantitative estimate of drug-likeness (QED) is 0.927. The standard InChI is InChI=1S/C19H22N2OS/c22-18(20-15-8-4-5-9-15)14-10-11-16-17(12-14)23-19(21-16)13-6-2-1-3-7-13/h1-3,6-7,14-15H,4-5,8-12H2,(H,20,22). The molecule has 1 N–H and O–H groups in total. The average Bonchev–Trinajstić information content (AvgIpc) is 3.24. The summed E-state index contributed by atoms with van der Waals surface area (Å²) in [5.74, 6) is 0.393. The second kappa shape index (κ2) is 6.44. The van der Waals surface area contributed by atoms with Crippen molar-refractivity contribution < 1.29 is 4.79 Å². The molecule has 1 unspecified atom stereocenters. The Balaban J connectivity index is 1.46. The summed E-state index contributed by atoms with van der Waals surface area (Å²) >= 11 is 1.76. The monoisotopic (exact) mass is 326 g/mol. The number of benzene rings is 1. The lowest BCUT2D eigenvalue weighted by molar-refractivity contribution is -0.126. The zero-order valence-corrected chi connectivity index (χ0v) is 14.1. The minimum Gasteiger partial charge on any atom is -0.353 e. The first kappa shape index (κ1) is 14.9. The molecule has 120 valence electrons. The molecule has 2 aliphatic rings. The Morgan fingerprint density at radius 2 is 1.91 bits per heavy atom. The molecule has 0 saturated heterocycles. The second-order valence-corrected chi connectivity index (χ2v) is 7.77. The van der Waals surface area contributed by atoms with Gasteiger partial charge >= 0.3 is 0 Å². The number of fused-ring (bicyclic) bond motifs is 1. The summed E-state index contributed by atoms with van der Waals surface area (Å²) < 4.78 is 0. The smallest absolute Gasteiger partial charge is 0.223 e. The topological polar surface area (TPSA) is 42.0 Å². The molecule has 2 aromatic rings. The molecule has 0 spiro atoms. The molecule has 1 amide bonds. The van der Waals surface area contributed by atoms with Gasteiger partial charge in [-0.25, -0.2) is 4.98 Å². The van der Waals surface area contributed by atoms with Crippen molar-refractivity contribution >= 4 is 17.2 Å². The molecule has 0 aliphatic heterocycles. The SMILES string of the molecule is O=C(NC1CCCC1)C1CCc2nc(-c3ccccc3)sc2C1. The van der Waals surface area contributed by atoms with Gasteiger partial charge < -0.3 is 5.32 Å². The van der Waals surface area contributed by atoms with Crippen LogP contribution in [0.1, 0.15) is 42.7 Å². The number of hydrogen-bond acceptors (Lipinski definition) is 3. The zero-order chi connectivity index (χ0) is 15.6. The van der Waals surface area contributed by atoms with Crippen LogP contribution >= 0.6 is 11.3 Å². The fourth-order valence-corrected chi connectivity index (χ4v) is 4.89. The first-order chi connectivity index (χ1) is 11.3. The van der Waals surface area contributed by atoms with Crippen LogP contribution in [-0.4, -0.2) is 16.9 Å². The summed E-state index contributed by atoms with van der Waals surface area (Å²) in [6.07, 6.45) is 7.55. The average molecular weight is 326 g/mol. The number of nitrogens with one attached hydrogen (secondary N) is 1. The van der Waals surface area contributed by atoms with E-state index in [0.29, 0.717) is 6.04 Å². The zero-order valence-electron chi connectivity index (χ0n) is 13.3. The van der Waals surface area contributed by atoms with Crippen LogP contribution in [-0.2, 0) is 17.6 Å². The maximum atomic E-state index is 12.5.